The van der Waals surface area contributed by atoms with Crippen molar-refractivity contribution >= 4 is 22.7 Å². The van der Waals surface area contributed by atoms with Crippen LogP contribution >= 0.6 is 22.7 Å². The molecule has 0 aliphatic carbocycles. The first-order valence-corrected chi connectivity index (χ1v) is 7.48. The van der Waals surface area contributed by atoms with Gasteiger partial charge < -0.3 is 10.2 Å². The van der Waals surface area contributed by atoms with Gasteiger partial charge in [-0.05, 0) is 37.0 Å². The molecule has 0 aliphatic rings. The fourth-order valence-electron chi connectivity index (χ4n) is 1.56. The molecule has 17 heavy (non-hydrogen) atoms. The summed E-state index contributed by atoms with van der Waals surface area (Å²) in [6.07, 6.45) is 0. The van der Waals surface area contributed by atoms with Gasteiger partial charge in [-0.15, -0.1) is 22.7 Å². The molecular weight excluding hydrogens is 248 g/mol. The van der Waals surface area contributed by atoms with Gasteiger partial charge in [0, 0.05) is 35.0 Å². The SMILES string of the molecule is CN(C)CCNCc1cc(-c2cccs2)cs1. The Hall–Kier alpha value is -0.680. The number of hydrogen-bond acceptors (Lipinski definition) is 4. The number of hydrogen-bond donors (Lipinski definition) is 1. The largest absolute Gasteiger partial charge is 0.311 e. The standard InChI is InChI=1S/C13H18N2S2/c1-15(2)6-5-14-9-12-8-11(10-17-12)13-4-3-7-16-13/h3-4,7-8,10,14H,5-6,9H2,1-2H3. The van der Waals surface area contributed by atoms with Gasteiger partial charge in [-0.3, -0.25) is 0 Å². The topological polar surface area (TPSA) is 15.3 Å². The molecule has 0 atom stereocenters. The lowest BCUT2D eigenvalue weighted by molar-refractivity contribution is 0.400. The van der Waals surface area contributed by atoms with Crippen LogP contribution in [0, 0.1) is 0 Å². The first-order chi connectivity index (χ1) is 8.25. The molecule has 0 spiro atoms. The average molecular weight is 266 g/mol. The summed E-state index contributed by atoms with van der Waals surface area (Å²) in [5.74, 6) is 0. The Morgan fingerprint density at radius 2 is 2.18 bits per heavy atom. The third kappa shape index (κ3) is 3.92. The summed E-state index contributed by atoms with van der Waals surface area (Å²) in [7, 11) is 4.20. The van der Waals surface area contributed by atoms with Crippen molar-refractivity contribution in [1.82, 2.24) is 10.2 Å². The van der Waals surface area contributed by atoms with Crippen LogP contribution in [0.3, 0.4) is 0 Å². The van der Waals surface area contributed by atoms with E-state index < -0.39 is 0 Å². The van der Waals surface area contributed by atoms with Gasteiger partial charge in [0.2, 0.25) is 0 Å². The third-order valence-electron chi connectivity index (χ3n) is 2.49. The number of nitrogens with one attached hydrogen (secondary N) is 1. The second-order valence-electron chi connectivity index (χ2n) is 4.26. The van der Waals surface area contributed by atoms with Crippen molar-refractivity contribution in [3.8, 4) is 10.4 Å². The summed E-state index contributed by atoms with van der Waals surface area (Å²) in [6, 6.07) is 6.57. The zero-order valence-electron chi connectivity index (χ0n) is 10.3. The monoisotopic (exact) mass is 266 g/mol. The number of likely N-dealkylation sites (N-methyl/N-ethyl adjacent to an activating group) is 1. The first kappa shape index (κ1) is 12.8. The van der Waals surface area contributed by atoms with E-state index in [1.54, 1.807) is 11.3 Å². The molecule has 92 valence electrons. The predicted molar refractivity (Wildman–Crippen MR) is 77.9 cm³/mol. The Morgan fingerprint density at radius 1 is 1.29 bits per heavy atom. The summed E-state index contributed by atoms with van der Waals surface area (Å²) < 4.78 is 0. The molecule has 0 saturated heterocycles. The lowest BCUT2D eigenvalue weighted by Gasteiger charge is -2.09. The fraction of sp³-hybridized carbons (Fsp3) is 0.385. The molecule has 0 bridgehead atoms. The second-order valence-corrected chi connectivity index (χ2v) is 6.20. The zero-order chi connectivity index (χ0) is 12.1. The van der Waals surface area contributed by atoms with E-state index in [2.05, 4.69) is 53.3 Å². The molecule has 4 heteroatoms. The maximum atomic E-state index is 3.46. The van der Waals surface area contributed by atoms with Crippen LogP contribution in [0.1, 0.15) is 4.88 Å². The van der Waals surface area contributed by atoms with Crippen LogP contribution in [0.2, 0.25) is 0 Å². The molecule has 2 rings (SSSR count). The van der Waals surface area contributed by atoms with Gasteiger partial charge >= 0.3 is 0 Å². The molecular formula is C13H18N2S2. The molecule has 0 aliphatic heterocycles. The van der Waals surface area contributed by atoms with Crippen molar-refractivity contribution < 1.29 is 0 Å². The molecule has 0 aromatic carbocycles. The van der Waals surface area contributed by atoms with E-state index in [-0.39, 0.29) is 0 Å². The highest BCUT2D eigenvalue weighted by Crippen LogP contribution is 2.28. The number of nitrogens with zero attached hydrogens (tertiary/aromatic N) is 1. The van der Waals surface area contributed by atoms with Gasteiger partial charge in [-0.1, -0.05) is 6.07 Å². The third-order valence-corrected chi connectivity index (χ3v) is 4.35. The molecule has 2 aromatic heterocycles. The van der Waals surface area contributed by atoms with Crippen LogP contribution in [-0.4, -0.2) is 32.1 Å². The van der Waals surface area contributed by atoms with Crippen LogP contribution in [0.25, 0.3) is 10.4 Å². The quantitative estimate of drug-likeness (QED) is 0.808. The van der Waals surface area contributed by atoms with Crippen molar-refractivity contribution in [2.75, 3.05) is 27.2 Å². The Kier molecular flexibility index (Phi) is 4.74. The average Bonchev–Trinajstić information content (AvgIpc) is 2.94. The van der Waals surface area contributed by atoms with Crippen molar-refractivity contribution in [3.63, 3.8) is 0 Å². The van der Waals surface area contributed by atoms with E-state index in [4.69, 9.17) is 0 Å². The molecule has 1 N–H and O–H groups in total. The highest BCUT2D eigenvalue weighted by Gasteiger charge is 2.02. The maximum Gasteiger partial charge on any atom is 0.0351 e. The van der Waals surface area contributed by atoms with Crippen molar-refractivity contribution in [2.24, 2.45) is 0 Å². The van der Waals surface area contributed by atoms with Gasteiger partial charge in [0.25, 0.3) is 0 Å². The Morgan fingerprint density at radius 3 is 2.88 bits per heavy atom. The second kappa shape index (κ2) is 6.31. The van der Waals surface area contributed by atoms with E-state index in [1.165, 1.54) is 15.3 Å². The summed E-state index contributed by atoms with van der Waals surface area (Å²) >= 11 is 3.64. The summed E-state index contributed by atoms with van der Waals surface area (Å²) in [5, 5.41) is 7.84. The Balaban J connectivity index is 1.83. The van der Waals surface area contributed by atoms with E-state index in [0.717, 1.165) is 19.6 Å². The maximum absolute atomic E-state index is 3.46. The lowest BCUT2D eigenvalue weighted by atomic mass is 10.2. The normalized spacial score (nSPS) is 11.2. The molecule has 2 nitrogen and oxygen atoms in total. The predicted octanol–water partition coefficient (Wildman–Crippen LogP) is 3.13. The van der Waals surface area contributed by atoms with Crippen molar-refractivity contribution in [2.45, 2.75) is 6.54 Å². The van der Waals surface area contributed by atoms with Gasteiger partial charge in [0.1, 0.15) is 0 Å². The zero-order valence-corrected chi connectivity index (χ0v) is 11.9. The van der Waals surface area contributed by atoms with Gasteiger partial charge in [0.05, 0.1) is 0 Å². The van der Waals surface area contributed by atoms with Crippen LogP contribution in [0.4, 0.5) is 0 Å². The lowest BCUT2D eigenvalue weighted by Crippen LogP contribution is -2.25. The molecule has 2 aromatic rings. The van der Waals surface area contributed by atoms with Crippen LogP contribution in [0.5, 0.6) is 0 Å². The minimum absolute atomic E-state index is 0.976. The number of rotatable bonds is 6. The summed E-state index contributed by atoms with van der Waals surface area (Å²) in [6.45, 7) is 3.10. The molecule has 0 unspecified atom stereocenters. The van der Waals surface area contributed by atoms with Crippen LogP contribution in [-0.2, 0) is 6.54 Å². The van der Waals surface area contributed by atoms with Crippen molar-refractivity contribution in [1.29, 1.82) is 0 Å². The smallest absolute Gasteiger partial charge is 0.0351 e. The molecule has 0 amide bonds. The molecule has 0 radical (unpaired) electrons. The van der Waals surface area contributed by atoms with Crippen LogP contribution in [0.15, 0.2) is 29.0 Å². The van der Waals surface area contributed by atoms with Gasteiger partial charge in [-0.25, -0.2) is 0 Å². The van der Waals surface area contributed by atoms with E-state index >= 15 is 0 Å². The van der Waals surface area contributed by atoms with Crippen molar-refractivity contribution in [3.05, 3.63) is 33.8 Å². The Labute approximate surface area is 111 Å². The minimum atomic E-state index is 0.976. The molecule has 0 saturated carbocycles. The van der Waals surface area contributed by atoms with Crippen LogP contribution < -0.4 is 5.32 Å². The van der Waals surface area contributed by atoms with E-state index in [1.807, 2.05) is 11.3 Å². The van der Waals surface area contributed by atoms with Gasteiger partial charge in [-0.2, -0.15) is 0 Å². The Bertz CT molecular complexity index is 432. The summed E-state index contributed by atoms with van der Waals surface area (Å²) in [4.78, 5) is 4.96. The highest BCUT2D eigenvalue weighted by molar-refractivity contribution is 7.14. The summed E-state index contributed by atoms with van der Waals surface area (Å²) in [5.41, 5.74) is 1.36. The molecule has 2 heterocycles. The first-order valence-electron chi connectivity index (χ1n) is 5.72. The highest BCUT2D eigenvalue weighted by atomic mass is 32.1. The van der Waals surface area contributed by atoms with E-state index in [0.29, 0.717) is 0 Å². The van der Waals surface area contributed by atoms with Gasteiger partial charge in [0.15, 0.2) is 0 Å². The van der Waals surface area contributed by atoms with E-state index in [9.17, 15) is 0 Å². The minimum Gasteiger partial charge on any atom is -0.311 e. The molecule has 0 fully saturated rings. The fourth-order valence-corrected chi connectivity index (χ4v) is 3.20. The number of thiophene rings is 2.